The number of nitrogens with one attached hydrogen (secondary N) is 2. The van der Waals surface area contributed by atoms with E-state index in [-0.39, 0.29) is 11.9 Å². The van der Waals surface area contributed by atoms with Crippen LogP contribution >= 0.6 is 0 Å². The van der Waals surface area contributed by atoms with Gasteiger partial charge in [0.05, 0.1) is 11.3 Å². The zero-order valence-corrected chi connectivity index (χ0v) is 11.8. The summed E-state index contributed by atoms with van der Waals surface area (Å²) in [6.07, 6.45) is 0.928. The highest BCUT2D eigenvalue weighted by Gasteiger charge is 2.21. The monoisotopic (exact) mass is 262 g/mol. The lowest BCUT2D eigenvalue weighted by molar-refractivity contribution is 0.0920. The standard InChI is InChI=1S/C15H22N2O2/c1-4-12(10(2)3)17-15(18)11-6-5-7-13-14(11)19-9-8-16-13/h5-7,10,12,16H,4,8-9H2,1-3H3,(H,17,18). The molecule has 4 heteroatoms. The van der Waals surface area contributed by atoms with E-state index in [0.717, 1.165) is 18.7 Å². The zero-order chi connectivity index (χ0) is 13.8. The normalized spacial score (nSPS) is 15.2. The van der Waals surface area contributed by atoms with E-state index in [1.54, 1.807) is 0 Å². The minimum Gasteiger partial charge on any atom is -0.489 e. The Bertz CT molecular complexity index is 457. The summed E-state index contributed by atoms with van der Waals surface area (Å²) in [4.78, 5) is 12.4. The zero-order valence-electron chi connectivity index (χ0n) is 11.8. The average molecular weight is 262 g/mol. The number of benzene rings is 1. The van der Waals surface area contributed by atoms with Crippen LogP contribution < -0.4 is 15.4 Å². The molecule has 0 bridgehead atoms. The summed E-state index contributed by atoms with van der Waals surface area (Å²) in [5, 5.41) is 6.33. The van der Waals surface area contributed by atoms with Gasteiger partial charge in [-0.05, 0) is 24.5 Å². The van der Waals surface area contributed by atoms with Crippen molar-refractivity contribution in [1.82, 2.24) is 5.32 Å². The molecule has 0 fully saturated rings. The topological polar surface area (TPSA) is 50.4 Å². The van der Waals surface area contributed by atoms with Gasteiger partial charge in [-0.3, -0.25) is 4.79 Å². The van der Waals surface area contributed by atoms with Gasteiger partial charge in [0.25, 0.3) is 5.91 Å². The Balaban J connectivity index is 2.19. The SMILES string of the molecule is CCC(NC(=O)c1cccc2c1OCCN2)C(C)C. The van der Waals surface area contributed by atoms with Gasteiger partial charge in [-0.15, -0.1) is 0 Å². The lowest BCUT2D eigenvalue weighted by Crippen LogP contribution is -2.38. The van der Waals surface area contributed by atoms with Crippen molar-refractivity contribution in [1.29, 1.82) is 0 Å². The first kappa shape index (κ1) is 13.7. The van der Waals surface area contributed by atoms with Gasteiger partial charge in [-0.2, -0.15) is 0 Å². The van der Waals surface area contributed by atoms with Crippen LogP contribution in [0.4, 0.5) is 5.69 Å². The van der Waals surface area contributed by atoms with E-state index in [9.17, 15) is 4.79 Å². The molecular formula is C15H22N2O2. The van der Waals surface area contributed by atoms with Crippen LogP contribution in [-0.4, -0.2) is 25.1 Å². The summed E-state index contributed by atoms with van der Waals surface area (Å²) in [6.45, 7) is 7.70. The highest BCUT2D eigenvalue weighted by Crippen LogP contribution is 2.31. The molecule has 2 rings (SSSR count). The molecule has 1 aromatic carbocycles. The molecule has 0 aromatic heterocycles. The van der Waals surface area contributed by atoms with Gasteiger partial charge in [0.2, 0.25) is 0 Å². The molecule has 1 aliphatic heterocycles. The maximum Gasteiger partial charge on any atom is 0.255 e. The lowest BCUT2D eigenvalue weighted by Gasteiger charge is -2.24. The summed E-state index contributed by atoms with van der Waals surface area (Å²) < 4.78 is 5.63. The Hall–Kier alpha value is -1.71. The molecular weight excluding hydrogens is 240 g/mol. The van der Waals surface area contributed by atoms with E-state index in [4.69, 9.17) is 4.74 Å². The minimum atomic E-state index is -0.0545. The van der Waals surface area contributed by atoms with Gasteiger partial charge >= 0.3 is 0 Å². The molecule has 0 saturated heterocycles. The van der Waals surface area contributed by atoms with Crippen LogP contribution in [0.15, 0.2) is 18.2 Å². The minimum absolute atomic E-state index is 0.0545. The number of carbonyl (C=O) groups is 1. The van der Waals surface area contributed by atoms with Crippen LogP contribution in [0.5, 0.6) is 5.75 Å². The van der Waals surface area contributed by atoms with E-state index >= 15 is 0 Å². The second-order valence-corrected chi connectivity index (χ2v) is 5.19. The third-order valence-electron chi connectivity index (χ3n) is 3.48. The first-order valence-corrected chi connectivity index (χ1v) is 6.94. The van der Waals surface area contributed by atoms with Gasteiger partial charge in [0.15, 0.2) is 5.75 Å². The summed E-state index contributed by atoms with van der Waals surface area (Å²) in [5.74, 6) is 1.04. The van der Waals surface area contributed by atoms with Crippen molar-refractivity contribution < 1.29 is 9.53 Å². The lowest BCUT2D eigenvalue weighted by atomic mass is 10.0. The van der Waals surface area contributed by atoms with E-state index in [2.05, 4.69) is 31.4 Å². The maximum absolute atomic E-state index is 12.4. The molecule has 0 aliphatic carbocycles. The quantitative estimate of drug-likeness (QED) is 0.877. The maximum atomic E-state index is 12.4. The van der Waals surface area contributed by atoms with Gasteiger partial charge < -0.3 is 15.4 Å². The fourth-order valence-electron chi connectivity index (χ4n) is 2.34. The molecule has 0 spiro atoms. The van der Waals surface area contributed by atoms with E-state index < -0.39 is 0 Å². The molecule has 1 amide bonds. The highest BCUT2D eigenvalue weighted by molar-refractivity contribution is 5.99. The summed E-state index contributed by atoms with van der Waals surface area (Å²) in [5.41, 5.74) is 1.51. The first-order valence-electron chi connectivity index (χ1n) is 6.94. The number of hydrogen-bond acceptors (Lipinski definition) is 3. The Kier molecular flexibility index (Phi) is 4.30. The van der Waals surface area contributed by atoms with Gasteiger partial charge in [0, 0.05) is 12.6 Å². The van der Waals surface area contributed by atoms with Crippen LogP contribution in [0.3, 0.4) is 0 Å². The van der Waals surface area contributed by atoms with E-state index in [1.807, 2.05) is 18.2 Å². The molecule has 0 saturated carbocycles. The third kappa shape index (κ3) is 3.00. The molecule has 1 unspecified atom stereocenters. The van der Waals surface area contributed by atoms with Crippen molar-refractivity contribution in [3.8, 4) is 5.75 Å². The van der Waals surface area contributed by atoms with Gasteiger partial charge in [-0.1, -0.05) is 26.8 Å². The van der Waals surface area contributed by atoms with Gasteiger partial charge in [-0.25, -0.2) is 0 Å². The second kappa shape index (κ2) is 5.95. The Labute approximate surface area is 114 Å². The van der Waals surface area contributed by atoms with Crippen LogP contribution in [0.2, 0.25) is 0 Å². The molecule has 0 radical (unpaired) electrons. The largest absolute Gasteiger partial charge is 0.489 e. The predicted octanol–water partition coefficient (Wildman–Crippen LogP) is 2.66. The predicted molar refractivity (Wildman–Crippen MR) is 76.8 cm³/mol. The van der Waals surface area contributed by atoms with Crippen molar-refractivity contribution in [2.24, 2.45) is 5.92 Å². The van der Waals surface area contributed by atoms with E-state index in [0.29, 0.717) is 23.8 Å². The van der Waals surface area contributed by atoms with Crippen LogP contribution in [-0.2, 0) is 0 Å². The second-order valence-electron chi connectivity index (χ2n) is 5.19. The van der Waals surface area contributed by atoms with Crippen molar-refractivity contribution in [2.45, 2.75) is 33.2 Å². The van der Waals surface area contributed by atoms with Crippen LogP contribution in [0.25, 0.3) is 0 Å². The summed E-state index contributed by atoms with van der Waals surface area (Å²) >= 11 is 0. The fraction of sp³-hybridized carbons (Fsp3) is 0.533. The van der Waals surface area contributed by atoms with Crippen molar-refractivity contribution >= 4 is 11.6 Å². The molecule has 4 nitrogen and oxygen atoms in total. The fourth-order valence-corrected chi connectivity index (χ4v) is 2.34. The molecule has 1 aromatic rings. The van der Waals surface area contributed by atoms with Crippen molar-refractivity contribution in [2.75, 3.05) is 18.5 Å². The number of carbonyl (C=O) groups excluding carboxylic acids is 1. The summed E-state index contributed by atoms with van der Waals surface area (Å²) in [7, 11) is 0. The number of hydrogen-bond donors (Lipinski definition) is 2. The van der Waals surface area contributed by atoms with Crippen LogP contribution in [0.1, 0.15) is 37.6 Å². The molecule has 19 heavy (non-hydrogen) atoms. The highest BCUT2D eigenvalue weighted by atomic mass is 16.5. The van der Waals surface area contributed by atoms with E-state index in [1.165, 1.54) is 0 Å². The third-order valence-corrected chi connectivity index (χ3v) is 3.48. The number of amides is 1. The molecule has 2 N–H and O–H groups in total. The number of para-hydroxylation sites is 1. The first-order chi connectivity index (χ1) is 9.13. The average Bonchev–Trinajstić information content (AvgIpc) is 2.43. The Morgan fingerprint density at radius 1 is 1.47 bits per heavy atom. The van der Waals surface area contributed by atoms with Crippen LogP contribution in [0, 0.1) is 5.92 Å². The molecule has 1 atom stereocenters. The Morgan fingerprint density at radius 2 is 2.26 bits per heavy atom. The number of anilines is 1. The molecule has 1 heterocycles. The summed E-state index contributed by atoms with van der Waals surface area (Å²) in [6, 6.07) is 5.82. The number of fused-ring (bicyclic) bond motifs is 1. The Morgan fingerprint density at radius 3 is 2.95 bits per heavy atom. The van der Waals surface area contributed by atoms with Gasteiger partial charge in [0.1, 0.15) is 6.61 Å². The molecule has 104 valence electrons. The molecule has 1 aliphatic rings. The smallest absolute Gasteiger partial charge is 0.255 e. The van der Waals surface area contributed by atoms with Crippen molar-refractivity contribution in [3.63, 3.8) is 0 Å². The number of rotatable bonds is 4. The van der Waals surface area contributed by atoms with Crippen molar-refractivity contribution in [3.05, 3.63) is 23.8 Å². The number of ether oxygens (including phenoxy) is 1.